The molecule has 0 aliphatic carbocycles. The number of hydrogen-bond donors (Lipinski definition) is 1. The first-order valence-corrected chi connectivity index (χ1v) is 19.4. The Hall–Kier alpha value is -4.49. The number of aromatic nitrogens is 2. The van der Waals surface area contributed by atoms with Gasteiger partial charge in [0.25, 0.3) is 5.56 Å². The van der Waals surface area contributed by atoms with Crippen LogP contribution in [0.15, 0.2) is 94.6 Å². The van der Waals surface area contributed by atoms with Gasteiger partial charge in [-0.05, 0) is 66.0 Å². The smallest absolute Gasteiger partial charge is 0.330 e. The molecule has 0 spiro atoms. The summed E-state index contributed by atoms with van der Waals surface area (Å²) in [5.74, 6) is 1.38. The van der Waals surface area contributed by atoms with Crippen molar-refractivity contribution >= 4 is 14.0 Å². The molecular formula is C38H47N3O8Si. The molecule has 0 unspecified atom stereocenters. The Balaban J connectivity index is 1.69. The van der Waals surface area contributed by atoms with Crippen molar-refractivity contribution in [2.45, 2.75) is 69.9 Å². The lowest BCUT2D eigenvalue weighted by Crippen LogP contribution is -2.50. The lowest BCUT2D eigenvalue weighted by atomic mass is 9.80. The van der Waals surface area contributed by atoms with Crippen LogP contribution in [0, 0.1) is 12.1 Å². The number of rotatable bonds is 11. The number of nitrogens with zero attached hydrogens (tertiary/aromatic N) is 2. The van der Waals surface area contributed by atoms with Crippen molar-refractivity contribution in [2.75, 3.05) is 27.9 Å². The van der Waals surface area contributed by atoms with Gasteiger partial charge in [0.05, 0.1) is 20.8 Å². The summed E-state index contributed by atoms with van der Waals surface area (Å²) in [6.45, 7) is 12.1. The van der Waals surface area contributed by atoms with Gasteiger partial charge in [-0.3, -0.25) is 14.3 Å². The molecule has 1 saturated heterocycles. The molecule has 0 saturated carbocycles. The predicted molar refractivity (Wildman–Crippen MR) is 195 cm³/mol. The van der Waals surface area contributed by atoms with Gasteiger partial charge in [-0.2, -0.15) is 0 Å². The Morgan fingerprint density at radius 2 is 1.40 bits per heavy atom. The highest BCUT2D eigenvalue weighted by Gasteiger charge is 2.53. The van der Waals surface area contributed by atoms with Crippen molar-refractivity contribution in [2.24, 2.45) is 0 Å². The molecule has 1 N–H and O–H groups in total. The van der Waals surface area contributed by atoms with Crippen LogP contribution < -0.4 is 20.7 Å². The first-order valence-electron chi connectivity index (χ1n) is 16.5. The SMILES string of the molecule is COc1ccc(C(OC[C@H]2O[C@@H](n3cc(C)c(=O)[nH]c3=O)/C(=[N+](/C)[O-])[C@@H]2O[Si](C)(C)C(C)(C)C)(c2ccccc2)c2ccc(OC)cc2)cc1. The molecule has 2 heterocycles. The molecule has 12 heteroatoms. The molecule has 0 radical (unpaired) electrons. The van der Waals surface area contributed by atoms with E-state index in [1.54, 1.807) is 21.1 Å². The molecule has 11 nitrogen and oxygen atoms in total. The second-order valence-electron chi connectivity index (χ2n) is 14.0. The van der Waals surface area contributed by atoms with E-state index in [-0.39, 0.29) is 17.4 Å². The van der Waals surface area contributed by atoms with E-state index in [0.717, 1.165) is 16.7 Å². The van der Waals surface area contributed by atoms with Crippen LogP contribution in [-0.2, 0) is 19.5 Å². The molecule has 3 aromatic carbocycles. The fraction of sp³-hybridized carbons (Fsp3) is 0.395. The summed E-state index contributed by atoms with van der Waals surface area (Å²) in [4.78, 5) is 27.8. The lowest BCUT2D eigenvalue weighted by molar-refractivity contribution is -0.428. The third-order valence-corrected chi connectivity index (χ3v) is 14.3. The van der Waals surface area contributed by atoms with Crippen molar-refractivity contribution < 1.29 is 28.1 Å². The van der Waals surface area contributed by atoms with E-state index in [4.69, 9.17) is 23.4 Å². The molecule has 50 heavy (non-hydrogen) atoms. The first kappa shape index (κ1) is 36.8. The molecule has 1 aromatic heterocycles. The number of H-pyrrole nitrogens is 1. The number of aromatic amines is 1. The summed E-state index contributed by atoms with van der Waals surface area (Å²) in [7, 11) is 2.05. The third-order valence-electron chi connectivity index (χ3n) is 9.81. The van der Waals surface area contributed by atoms with Crippen LogP contribution >= 0.6 is 0 Å². The summed E-state index contributed by atoms with van der Waals surface area (Å²) in [6, 6.07) is 25.2. The molecule has 3 atom stereocenters. The minimum Gasteiger partial charge on any atom is -0.624 e. The third kappa shape index (κ3) is 7.06. The summed E-state index contributed by atoms with van der Waals surface area (Å²) in [5.41, 5.74) is 0.616. The van der Waals surface area contributed by atoms with Crippen LogP contribution in [-0.4, -0.2) is 68.4 Å². The van der Waals surface area contributed by atoms with Gasteiger partial charge in [-0.1, -0.05) is 75.4 Å². The molecule has 0 bridgehead atoms. The lowest BCUT2D eigenvalue weighted by Gasteiger charge is -2.40. The maximum atomic E-state index is 13.5. The molecule has 4 aromatic rings. The quantitative estimate of drug-likeness (QED) is 0.0690. The molecule has 1 fully saturated rings. The maximum Gasteiger partial charge on any atom is 0.330 e. The molecule has 5 rings (SSSR count). The fourth-order valence-corrected chi connectivity index (χ4v) is 7.24. The largest absolute Gasteiger partial charge is 0.624 e. The second-order valence-corrected chi connectivity index (χ2v) is 18.8. The number of hydrogen-bond acceptors (Lipinski definition) is 8. The Morgan fingerprint density at radius 3 is 1.88 bits per heavy atom. The van der Waals surface area contributed by atoms with Crippen LogP contribution in [0.1, 0.15) is 49.3 Å². The van der Waals surface area contributed by atoms with Gasteiger partial charge < -0.3 is 28.6 Å². The average molecular weight is 702 g/mol. The van der Waals surface area contributed by atoms with E-state index in [1.807, 2.05) is 78.9 Å². The predicted octanol–water partition coefficient (Wildman–Crippen LogP) is 5.74. The summed E-state index contributed by atoms with van der Waals surface area (Å²) < 4.78 is 33.7. The van der Waals surface area contributed by atoms with E-state index >= 15 is 0 Å². The topological polar surface area (TPSA) is 127 Å². The Kier molecular flexibility index (Phi) is 10.6. The average Bonchev–Trinajstić information content (AvgIpc) is 3.44. The van der Waals surface area contributed by atoms with Gasteiger partial charge in [-0.15, -0.1) is 0 Å². The highest BCUT2D eigenvalue weighted by Crippen LogP contribution is 2.44. The molecular weight excluding hydrogens is 655 g/mol. The molecule has 266 valence electrons. The van der Waals surface area contributed by atoms with Gasteiger partial charge in [0.15, 0.2) is 14.4 Å². The number of ether oxygens (including phenoxy) is 4. The number of aryl methyl sites for hydroxylation is 1. The van der Waals surface area contributed by atoms with Crippen molar-refractivity contribution in [3.63, 3.8) is 0 Å². The van der Waals surface area contributed by atoms with E-state index in [1.165, 1.54) is 17.8 Å². The van der Waals surface area contributed by atoms with Gasteiger partial charge in [0, 0.05) is 11.8 Å². The van der Waals surface area contributed by atoms with Gasteiger partial charge >= 0.3 is 5.69 Å². The van der Waals surface area contributed by atoms with Gasteiger partial charge in [-0.25, -0.2) is 9.53 Å². The van der Waals surface area contributed by atoms with Crippen molar-refractivity contribution in [3.05, 3.63) is 133 Å². The minimum absolute atomic E-state index is 0.0445. The Morgan fingerprint density at radius 1 is 0.880 bits per heavy atom. The number of nitrogens with one attached hydrogen (secondary N) is 1. The van der Waals surface area contributed by atoms with E-state index in [9.17, 15) is 14.8 Å². The van der Waals surface area contributed by atoms with Crippen LogP contribution in [0.25, 0.3) is 0 Å². The van der Waals surface area contributed by atoms with Crippen molar-refractivity contribution in [3.8, 4) is 11.5 Å². The highest BCUT2D eigenvalue weighted by atomic mass is 28.4. The Bertz CT molecular complexity index is 1880. The van der Waals surface area contributed by atoms with E-state index in [2.05, 4.69) is 38.8 Å². The van der Waals surface area contributed by atoms with E-state index < -0.39 is 43.6 Å². The number of hydroxylamine groups is 1. The second kappa shape index (κ2) is 14.4. The van der Waals surface area contributed by atoms with Crippen molar-refractivity contribution in [1.29, 1.82) is 0 Å². The normalized spacial score (nSPS) is 19.3. The zero-order valence-electron chi connectivity index (χ0n) is 30.2. The zero-order chi connectivity index (χ0) is 36.4. The van der Waals surface area contributed by atoms with Crippen LogP contribution in [0.5, 0.6) is 11.5 Å². The fourth-order valence-electron chi connectivity index (χ4n) is 5.98. The summed E-state index contributed by atoms with van der Waals surface area (Å²) in [6.07, 6.45) is -1.45. The minimum atomic E-state index is -2.55. The van der Waals surface area contributed by atoms with Crippen LogP contribution in [0.4, 0.5) is 0 Å². The maximum absolute atomic E-state index is 13.5. The number of methoxy groups -OCH3 is 2. The molecule has 1 aliphatic heterocycles. The Labute approximate surface area is 293 Å². The van der Waals surface area contributed by atoms with Gasteiger partial charge in [0.1, 0.15) is 30.3 Å². The van der Waals surface area contributed by atoms with Crippen LogP contribution in [0.3, 0.4) is 0 Å². The standard InChI is InChI=1S/C38H47N3O8Si/c1-25-23-41(36(43)39-34(25)42)35-32(40(5)44)33(49-50(8,9)37(2,3)4)31(48-35)24-47-38(26-13-11-10-12-14-26,27-15-19-29(45-6)20-16-27)28-17-21-30(46-7)22-18-28/h10-23,31,33,35H,24H2,1-9H3,(H,39,42,43)/b40-32-/t31-,33-,35-/m1/s1. The summed E-state index contributed by atoms with van der Waals surface area (Å²) >= 11 is 0. The van der Waals surface area contributed by atoms with E-state index in [0.29, 0.717) is 21.8 Å². The number of benzene rings is 3. The molecule has 0 amide bonds. The first-order chi connectivity index (χ1) is 23.6. The van der Waals surface area contributed by atoms with Gasteiger partial charge in [0.2, 0.25) is 11.9 Å². The highest BCUT2D eigenvalue weighted by molar-refractivity contribution is 6.74. The van der Waals surface area contributed by atoms with Crippen molar-refractivity contribution in [1.82, 2.24) is 9.55 Å². The zero-order valence-corrected chi connectivity index (χ0v) is 31.2. The molecule has 1 aliphatic rings. The summed E-state index contributed by atoms with van der Waals surface area (Å²) in [5, 5.41) is 13.2. The van der Waals surface area contributed by atoms with Crippen LogP contribution in [0.2, 0.25) is 18.1 Å². The monoisotopic (exact) mass is 701 g/mol.